The number of piperazine rings is 1. The molecule has 3 N–H and O–H groups in total. The molecule has 1 aromatic heterocycles. The van der Waals surface area contributed by atoms with Gasteiger partial charge in [-0.2, -0.15) is 36.3 Å². The number of anilines is 2. The molecule has 0 radical (unpaired) electrons. The molecule has 2 atom stereocenters. The second-order valence-corrected chi connectivity index (χ2v) is 15.7. The van der Waals surface area contributed by atoms with Crippen LogP contribution in [0, 0.1) is 0 Å². The Kier molecular flexibility index (Phi) is 12.6. The predicted molar refractivity (Wildman–Crippen MR) is 209 cm³/mol. The van der Waals surface area contributed by atoms with Crippen molar-refractivity contribution in [1.29, 1.82) is 0 Å². The molecular weight excluding hydrogens is 798 g/mol. The lowest BCUT2D eigenvalue weighted by molar-refractivity contribution is -0.193. The summed E-state index contributed by atoms with van der Waals surface area (Å²) < 4.78 is 76.5. The summed E-state index contributed by atoms with van der Waals surface area (Å²) in [5.74, 6) is -3.51. The quantitative estimate of drug-likeness (QED) is 0.158. The van der Waals surface area contributed by atoms with E-state index in [1.54, 1.807) is 0 Å². The Labute approximate surface area is 342 Å². The molecule has 0 aliphatic carbocycles. The highest BCUT2D eigenvalue weighted by Gasteiger charge is 2.45. The number of alkyl halides is 6. The van der Waals surface area contributed by atoms with Gasteiger partial charge in [0.25, 0.3) is 0 Å². The number of carboxylic acids is 2. The molecule has 5 aliphatic heterocycles. The molecule has 60 heavy (non-hydrogen) atoms. The third-order valence-corrected chi connectivity index (χ3v) is 11.7. The van der Waals surface area contributed by atoms with Gasteiger partial charge in [-0.05, 0) is 75.1 Å². The first-order valence-corrected chi connectivity index (χ1v) is 19.9. The molecular formula is C42H46F6N6O6. The maximum Gasteiger partial charge on any atom is 0.490 e. The fraction of sp³-hybridized carbons (Fsp3) is 0.476. The van der Waals surface area contributed by atoms with Crippen LogP contribution in [0.4, 0.5) is 37.8 Å². The maximum atomic E-state index is 10.6. The molecule has 6 heterocycles. The highest BCUT2D eigenvalue weighted by molar-refractivity contribution is 5.96. The fourth-order valence-corrected chi connectivity index (χ4v) is 8.90. The van der Waals surface area contributed by atoms with Crippen LogP contribution < -0.4 is 24.6 Å². The van der Waals surface area contributed by atoms with Crippen LogP contribution in [0.3, 0.4) is 0 Å². The minimum absolute atomic E-state index is 0.165. The van der Waals surface area contributed by atoms with Crippen molar-refractivity contribution in [3.63, 3.8) is 0 Å². The molecule has 4 aromatic rings. The van der Waals surface area contributed by atoms with E-state index in [4.69, 9.17) is 39.2 Å². The summed E-state index contributed by atoms with van der Waals surface area (Å²) in [6.45, 7) is 7.27. The van der Waals surface area contributed by atoms with Crippen molar-refractivity contribution >= 4 is 34.2 Å². The Hall–Kier alpha value is -5.36. The number of halogens is 6. The molecule has 322 valence electrons. The van der Waals surface area contributed by atoms with E-state index in [2.05, 4.69) is 80.7 Å². The topological polar surface area (TPSA) is 141 Å². The number of aliphatic carboxylic acids is 2. The van der Waals surface area contributed by atoms with Gasteiger partial charge in [0, 0.05) is 54.4 Å². The molecule has 9 rings (SSSR count). The third kappa shape index (κ3) is 9.97. The van der Waals surface area contributed by atoms with Crippen LogP contribution in [0.1, 0.15) is 55.3 Å². The van der Waals surface area contributed by atoms with Gasteiger partial charge in [0.05, 0.1) is 17.8 Å². The monoisotopic (exact) mass is 844 g/mol. The van der Waals surface area contributed by atoms with Crippen LogP contribution in [0.25, 0.3) is 10.8 Å². The van der Waals surface area contributed by atoms with Crippen molar-refractivity contribution in [3.8, 4) is 11.8 Å². The number of hydrogen-bond acceptors (Lipinski definition) is 10. The first-order valence-electron chi connectivity index (χ1n) is 19.9. The maximum absolute atomic E-state index is 10.6. The van der Waals surface area contributed by atoms with Crippen LogP contribution in [0.2, 0.25) is 0 Å². The highest BCUT2D eigenvalue weighted by Crippen LogP contribution is 2.41. The standard InChI is InChI=1S/C38H44N6O2.2C2HF3O2/c1-2-8-27(9-3-1)25-45-31-20-28-10-4-5-11-32(28)35(21-31)42-19-14-33-34(24-42)40-37(46-26-38-15-6-17-44(38)18-7-16-38)41-36(33)43-22-29-12-13-30(23-43)39-29;2*3-2(4,5)1(6)7/h1-5,8-11,20-21,29-30,39H,6-7,12-19,22-26H2;2*(H,6,7)/t29-,30+;;. The van der Waals surface area contributed by atoms with Crippen molar-refractivity contribution in [3.05, 3.63) is 83.6 Å². The molecule has 12 nitrogen and oxygen atoms in total. The number of nitrogens with one attached hydrogen (secondary N) is 1. The van der Waals surface area contributed by atoms with E-state index in [9.17, 15) is 26.3 Å². The van der Waals surface area contributed by atoms with Crippen LogP contribution in [0.5, 0.6) is 11.8 Å². The van der Waals surface area contributed by atoms with Gasteiger partial charge < -0.3 is 34.8 Å². The Morgan fingerprint density at radius 3 is 2.05 bits per heavy atom. The van der Waals surface area contributed by atoms with Crippen molar-refractivity contribution in [1.82, 2.24) is 20.2 Å². The minimum atomic E-state index is -5.08. The summed E-state index contributed by atoms with van der Waals surface area (Å²) in [5, 5.41) is 20.5. The number of fused-ring (bicyclic) bond motifs is 5. The average Bonchev–Trinajstić information content (AvgIpc) is 3.92. The van der Waals surface area contributed by atoms with Crippen molar-refractivity contribution in [2.45, 2.75) is 88.1 Å². The molecule has 0 saturated carbocycles. The first-order chi connectivity index (χ1) is 28.6. The molecule has 18 heteroatoms. The van der Waals surface area contributed by atoms with E-state index in [1.807, 2.05) is 6.07 Å². The molecule has 0 spiro atoms. The average molecular weight is 845 g/mol. The summed E-state index contributed by atoms with van der Waals surface area (Å²) in [6, 6.07) is 25.1. The molecule has 4 fully saturated rings. The van der Waals surface area contributed by atoms with Crippen molar-refractivity contribution in [2.75, 3.05) is 49.1 Å². The van der Waals surface area contributed by atoms with Crippen LogP contribution in [-0.4, -0.2) is 106 Å². The SMILES string of the molecule is O=C(O)C(F)(F)F.O=C(O)C(F)(F)F.c1ccc(COc2cc(N3CCc4c(nc(OCC56CCCN5CCC6)nc4N4C[C@H]5CC[C@@H](C4)N5)C3)c3ccccc3c2)cc1. The number of hydrogen-bond donors (Lipinski definition) is 3. The fourth-order valence-electron chi connectivity index (χ4n) is 8.90. The zero-order chi connectivity index (χ0) is 42.7. The second-order valence-electron chi connectivity index (χ2n) is 15.7. The molecule has 2 bridgehead atoms. The largest absolute Gasteiger partial charge is 0.490 e. The Morgan fingerprint density at radius 2 is 1.42 bits per heavy atom. The van der Waals surface area contributed by atoms with Gasteiger partial charge in [-0.15, -0.1) is 0 Å². The molecule has 4 saturated heterocycles. The van der Waals surface area contributed by atoms with Crippen LogP contribution >= 0.6 is 0 Å². The van der Waals surface area contributed by atoms with Gasteiger partial charge in [-0.3, -0.25) is 4.90 Å². The minimum Gasteiger partial charge on any atom is -0.489 e. The second kappa shape index (κ2) is 17.7. The summed E-state index contributed by atoms with van der Waals surface area (Å²) >= 11 is 0. The Bertz CT molecular complexity index is 2110. The zero-order valence-electron chi connectivity index (χ0n) is 32.6. The third-order valence-electron chi connectivity index (χ3n) is 11.7. The van der Waals surface area contributed by atoms with E-state index >= 15 is 0 Å². The smallest absolute Gasteiger partial charge is 0.489 e. The molecule has 3 aromatic carbocycles. The number of aromatic nitrogens is 2. The van der Waals surface area contributed by atoms with Gasteiger partial charge >= 0.3 is 30.3 Å². The van der Waals surface area contributed by atoms with E-state index < -0.39 is 24.3 Å². The number of carbonyl (C=O) groups is 2. The molecule has 5 aliphatic rings. The van der Waals surface area contributed by atoms with Gasteiger partial charge in [0.15, 0.2) is 0 Å². The van der Waals surface area contributed by atoms with Crippen molar-refractivity contribution < 1.29 is 55.6 Å². The van der Waals surface area contributed by atoms with Gasteiger partial charge in [-0.25, -0.2) is 9.59 Å². The summed E-state index contributed by atoms with van der Waals surface area (Å²) in [4.78, 5) is 35.8. The van der Waals surface area contributed by atoms with Crippen LogP contribution in [0.15, 0.2) is 66.7 Å². The normalized spacial score (nSPS) is 20.6. The predicted octanol–water partition coefficient (Wildman–Crippen LogP) is 6.99. The zero-order valence-corrected chi connectivity index (χ0v) is 32.6. The van der Waals surface area contributed by atoms with E-state index in [0.29, 0.717) is 31.3 Å². The van der Waals surface area contributed by atoms with Gasteiger partial charge in [-0.1, -0.05) is 54.6 Å². The number of carboxylic acid groups (broad SMARTS) is 2. The summed E-state index contributed by atoms with van der Waals surface area (Å²) in [6.07, 6.45) is -1.80. The summed E-state index contributed by atoms with van der Waals surface area (Å²) in [7, 11) is 0. The lowest BCUT2D eigenvalue weighted by Crippen LogP contribution is -2.52. The van der Waals surface area contributed by atoms with E-state index in [-0.39, 0.29) is 5.54 Å². The first kappa shape index (κ1) is 42.8. The highest BCUT2D eigenvalue weighted by atomic mass is 19.4. The number of benzene rings is 3. The summed E-state index contributed by atoms with van der Waals surface area (Å²) in [5.41, 5.74) is 4.93. The number of ether oxygens (including phenoxy) is 2. The lowest BCUT2D eigenvalue weighted by atomic mass is 9.95. The van der Waals surface area contributed by atoms with Crippen LogP contribution in [-0.2, 0) is 29.2 Å². The van der Waals surface area contributed by atoms with E-state index in [1.165, 1.54) is 79.2 Å². The van der Waals surface area contributed by atoms with Crippen molar-refractivity contribution in [2.24, 2.45) is 0 Å². The Balaban J connectivity index is 0.000000337. The Morgan fingerprint density at radius 1 is 0.800 bits per heavy atom. The molecule has 0 unspecified atom stereocenters. The lowest BCUT2D eigenvalue weighted by Gasteiger charge is -2.38. The van der Waals surface area contributed by atoms with Gasteiger partial charge in [0.1, 0.15) is 24.8 Å². The van der Waals surface area contributed by atoms with Gasteiger partial charge in [0.2, 0.25) is 0 Å². The number of rotatable bonds is 8. The van der Waals surface area contributed by atoms with E-state index in [0.717, 1.165) is 49.9 Å². The number of nitrogens with zero attached hydrogens (tertiary/aromatic N) is 5. The molecule has 0 amide bonds.